The fourth-order valence-corrected chi connectivity index (χ4v) is 2.75. The molecule has 0 spiro atoms. The molecule has 0 unspecified atom stereocenters. The van der Waals surface area contributed by atoms with E-state index >= 15 is 0 Å². The zero-order valence-corrected chi connectivity index (χ0v) is 11.1. The predicted molar refractivity (Wildman–Crippen MR) is 66.9 cm³/mol. The first-order chi connectivity index (χ1) is 8.30. The third kappa shape index (κ3) is 2.86. The number of aryl methyl sites for hydroxylation is 2. The van der Waals surface area contributed by atoms with E-state index in [4.69, 9.17) is 0 Å². The summed E-state index contributed by atoms with van der Waals surface area (Å²) >= 11 is 0. The smallest absolute Gasteiger partial charge is 0.0859 e. The minimum absolute atomic E-state index is 0.969. The second kappa shape index (κ2) is 5.63. The molecule has 3 rings (SSSR count). The minimum atomic E-state index is 0.969. The molecule has 2 aliphatic carbocycles. The van der Waals surface area contributed by atoms with Gasteiger partial charge in [0.05, 0.1) is 11.4 Å². The van der Waals surface area contributed by atoms with Crippen molar-refractivity contribution in [2.45, 2.75) is 45.6 Å². The Bertz CT molecular complexity index is 362. The summed E-state index contributed by atoms with van der Waals surface area (Å²) in [6.07, 6.45) is 6.56. The van der Waals surface area contributed by atoms with Crippen LogP contribution in [-0.2, 0) is 24.1 Å². The van der Waals surface area contributed by atoms with E-state index in [0.29, 0.717) is 0 Å². The molecule has 0 aromatic carbocycles. The number of rotatable bonds is 1. The molecular weight excluding hydrogens is 214 g/mol. The average Bonchev–Trinajstić information content (AvgIpc) is 2.92. The third-order valence-electron chi connectivity index (χ3n) is 3.79. The molecule has 1 heterocycles. The van der Waals surface area contributed by atoms with Gasteiger partial charge in [-0.25, -0.2) is 4.68 Å². The van der Waals surface area contributed by atoms with Crippen molar-refractivity contribution in [1.82, 2.24) is 15.0 Å². The molecule has 0 aliphatic heterocycles. The van der Waals surface area contributed by atoms with E-state index in [-0.39, 0.29) is 0 Å². The lowest BCUT2D eigenvalue weighted by Crippen LogP contribution is -2.07. The Labute approximate surface area is 103 Å². The molecule has 96 valence electrons. The van der Waals surface area contributed by atoms with Crippen molar-refractivity contribution in [3.05, 3.63) is 11.4 Å². The summed E-state index contributed by atoms with van der Waals surface area (Å²) in [5, 5.41) is 8.50. The fourth-order valence-electron chi connectivity index (χ4n) is 2.75. The van der Waals surface area contributed by atoms with Crippen molar-refractivity contribution in [2.75, 3.05) is 14.2 Å². The van der Waals surface area contributed by atoms with Gasteiger partial charge >= 0.3 is 0 Å². The van der Waals surface area contributed by atoms with Crippen LogP contribution in [0.15, 0.2) is 0 Å². The van der Waals surface area contributed by atoms with Gasteiger partial charge in [-0.3, -0.25) is 0 Å². The van der Waals surface area contributed by atoms with E-state index in [2.05, 4.69) is 26.7 Å². The Morgan fingerprint density at radius 3 is 2.53 bits per heavy atom. The first kappa shape index (κ1) is 12.6. The number of methoxy groups -OCH3 is 1. The number of ether oxygens (including phenoxy) is 1. The van der Waals surface area contributed by atoms with Gasteiger partial charge in [0.15, 0.2) is 0 Å². The normalized spacial score (nSPS) is 25.8. The zero-order valence-electron chi connectivity index (χ0n) is 11.1. The molecule has 2 atom stereocenters. The standard InChI is InChI=1S/C11H17N3.C2H6O/c1-2-14-11-6-4-9-7-8(9)3-5-10(11)12-13-14;1-3-2/h8-9H,2-7H2,1H3;1-2H3/t8-,9+;/m1./s1. The highest BCUT2D eigenvalue weighted by atomic mass is 16.4. The average molecular weight is 237 g/mol. The quantitative estimate of drug-likeness (QED) is 0.750. The van der Waals surface area contributed by atoms with Crippen molar-refractivity contribution in [3.8, 4) is 0 Å². The molecule has 4 heteroatoms. The number of aromatic nitrogens is 3. The molecule has 1 fully saturated rings. The Morgan fingerprint density at radius 1 is 1.24 bits per heavy atom. The lowest BCUT2D eigenvalue weighted by Gasteiger charge is -2.09. The molecule has 1 aromatic rings. The summed E-state index contributed by atoms with van der Waals surface area (Å²) in [6.45, 7) is 3.12. The van der Waals surface area contributed by atoms with Crippen LogP contribution >= 0.6 is 0 Å². The van der Waals surface area contributed by atoms with Crippen LogP contribution in [0.5, 0.6) is 0 Å². The van der Waals surface area contributed by atoms with Crippen molar-refractivity contribution in [3.63, 3.8) is 0 Å². The maximum absolute atomic E-state index is 4.30. The topological polar surface area (TPSA) is 39.9 Å². The molecule has 4 nitrogen and oxygen atoms in total. The van der Waals surface area contributed by atoms with Crippen molar-refractivity contribution < 1.29 is 4.74 Å². The van der Waals surface area contributed by atoms with E-state index in [9.17, 15) is 0 Å². The summed E-state index contributed by atoms with van der Waals surface area (Å²) in [6, 6.07) is 0. The molecule has 0 saturated heterocycles. The van der Waals surface area contributed by atoms with Crippen molar-refractivity contribution in [1.29, 1.82) is 0 Å². The summed E-state index contributed by atoms with van der Waals surface area (Å²) in [5.41, 5.74) is 2.69. The largest absolute Gasteiger partial charge is 0.388 e. The molecule has 1 saturated carbocycles. The van der Waals surface area contributed by atoms with Crippen LogP contribution in [0.2, 0.25) is 0 Å². The van der Waals surface area contributed by atoms with Gasteiger partial charge in [0.25, 0.3) is 0 Å². The summed E-state index contributed by atoms with van der Waals surface area (Å²) in [4.78, 5) is 0. The summed E-state index contributed by atoms with van der Waals surface area (Å²) < 4.78 is 6.33. The highest BCUT2D eigenvalue weighted by molar-refractivity contribution is 5.13. The lowest BCUT2D eigenvalue weighted by molar-refractivity contribution is 0.277. The SMILES string of the molecule is CCn1nnc2c1CC[C@H]1C[C@H]1CC2.COC. The maximum Gasteiger partial charge on any atom is 0.0859 e. The Hall–Kier alpha value is -0.900. The highest BCUT2D eigenvalue weighted by Crippen LogP contribution is 2.46. The molecule has 0 amide bonds. The highest BCUT2D eigenvalue weighted by Gasteiger charge is 2.37. The van der Waals surface area contributed by atoms with E-state index in [1.807, 2.05) is 0 Å². The Morgan fingerprint density at radius 2 is 1.88 bits per heavy atom. The second-order valence-corrected chi connectivity index (χ2v) is 5.04. The van der Waals surface area contributed by atoms with E-state index in [0.717, 1.165) is 24.8 Å². The number of fused-ring (bicyclic) bond motifs is 2. The summed E-state index contributed by atoms with van der Waals surface area (Å²) in [5.74, 6) is 2.05. The predicted octanol–water partition coefficient (Wildman–Crippen LogP) is 2.08. The Kier molecular flexibility index (Phi) is 4.15. The van der Waals surface area contributed by atoms with Crippen molar-refractivity contribution >= 4 is 0 Å². The molecule has 2 aliphatic rings. The molecule has 0 bridgehead atoms. The molecular formula is C13H23N3O. The number of hydrogen-bond donors (Lipinski definition) is 0. The number of hydrogen-bond acceptors (Lipinski definition) is 3. The van der Waals surface area contributed by atoms with E-state index < -0.39 is 0 Å². The van der Waals surface area contributed by atoms with E-state index in [1.165, 1.54) is 37.1 Å². The fraction of sp³-hybridized carbons (Fsp3) is 0.846. The van der Waals surface area contributed by atoms with Crippen LogP contribution in [-0.4, -0.2) is 29.2 Å². The van der Waals surface area contributed by atoms with Gasteiger partial charge in [0.1, 0.15) is 0 Å². The van der Waals surface area contributed by atoms with Gasteiger partial charge in [-0.1, -0.05) is 5.21 Å². The molecule has 1 aromatic heterocycles. The van der Waals surface area contributed by atoms with Crippen LogP contribution in [0.3, 0.4) is 0 Å². The van der Waals surface area contributed by atoms with Gasteiger partial charge < -0.3 is 4.74 Å². The molecule has 17 heavy (non-hydrogen) atoms. The van der Waals surface area contributed by atoms with E-state index in [1.54, 1.807) is 14.2 Å². The van der Waals surface area contributed by atoms with Gasteiger partial charge in [0, 0.05) is 20.8 Å². The Balaban J connectivity index is 0.000000329. The lowest BCUT2D eigenvalue weighted by atomic mass is 10.0. The van der Waals surface area contributed by atoms with Crippen LogP contribution in [0.25, 0.3) is 0 Å². The van der Waals surface area contributed by atoms with Gasteiger partial charge in [-0.2, -0.15) is 0 Å². The van der Waals surface area contributed by atoms with Crippen molar-refractivity contribution in [2.24, 2.45) is 11.8 Å². The minimum Gasteiger partial charge on any atom is -0.388 e. The van der Waals surface area contributed by atoms with Crippen LogP contribution in [0.1, 0.15) is 37.6 Å². The maximum atomic E-state index is 4.30. The van der Waals surface area contributed by atoms with Crippen LogP contribution in [0, 0.1) is 11.8 Å². The first-order valence-electron chi connectivity index (χ1n) is 6.61. The van der Waals surface area contributed by atoms with Gasteiger partial charge in [0.2, 0.25) is 0 Å². The van der Waals surface area contributed by atoms with Crippen LogP contribution in [0.4, 0.5) is 0 Å². The second-order valence-electron chi connectivity index (χ2n) is 5.04. The molecule has 0 N–H and O–H groups in total. The van der Waals surface area contributed by atoms with Gasteiger partial charge in [-0.05, 0) is 50.9 Å². The van der Waals surface area contributed by atoms with Gasteiger partial charge in [-0.15, -0.1) is 5.10 Å². The van der Waals surface area contributed by atoms with Crippen LogP contribution < -0.4 is 0 Å². The summed E-state index contributed by atoms with van der Waals surface area (Å²) in [7, 11) is 3.25. The number of nitrogens with zero attached hydrogens (tertiary/aromatic N) is 3. The molecule has 0 radical (unpaired) electrons. The zero-order chi connectivity index (χ0) is 12.3. The first-order valence-corrected chi connectivity index (χ1v) is 6.61. The monoisotopic (exact) mass is 237 g/mol. The third-order valence-corrected chi connectivity index (χ3v) is 3.79.